The van der Waals surface area contributed by atoms with Crippen molar-refractivity contribution in [1.82, 2.24) is 5.32 Å². The molecule has 0 aromatic heterocycles. The van der Waals surface area contributed by atoms with E-state index in [9.17, 15) is 4.79 Å². The van der Waals surface area contributed by atoms with Crippen molar-refractivity contribution in [3.8, 4) is 0 Å². The lowest BCUT2D eigenvalue weighted by molar-refractivity contribution is -0.121. The Kier molecular flexibility index (Phi) is 3.61. The molecule has 1 heterocycles. The van der Waals surface area contributed by atoms with Crippen molar-refractivity contribution in [2.24, 2.45) is 0 Å². The maximum Gasteiger partial charge on any atom is 0.243 e. The first-order valence-corrected chi connectivity index (χ1v) is 6.97. The molecule has 102 valence electrons. The molecule has 1 aliphatic heterocycles. The van der Waals surface area contributed by atoms with Gasteiger partial charge in [-0.2, -0.15) is 0 Å². The molecule has 1 atom stereocenters. The summed E-state index contributed by atoms with van der Waals surface area (Å²) < 4.78 is 0. The third-order valence-corrected chi connectivity index (χ3v) is 3.68. The summed E-state index contributed by atoms with van der Waals surface area (Å²) in [6.07, 6.45) is 0.734. The Hall–Kier alpha value is -2.00. The molecule has 3 rings (SSSR count). The molecule has 20 heavy (non-hydrogen) atoms. The summed E-state index contributed by atoms with van der Waals surface area (Å²) in [6.45, 7) is 0.494. The van der Waals surface area contributed by atoms with Gasteiger partial charge < -0.3 is 10.6 Å². The highest BCUT2D eigenvalue weighted by molar-refractivity contribution is 6.30. The van der Waals surface area contributed by atoms with E-state index in [2.05, 4.69) is 10.6 Å². The van der Waals surface area contributed by atoms with Crippen molar-refractivity contribution in [1.29, 1.82) is 0 Å². The van der Waals surface area contributed by atoms with Crippen LogP contribution in [0.25, 0.3) is 0 Å². The summed E-state index contributed by atoms with van der Waals surface area (Å²) in [5.41, 5.74) is 3.24. The molecule has 1 aliphatic rings. The van der Waals surface area contributed by atoms with Crippen LogP contribution in [0.4, 0.5) is 5.69 Å². The Morgan fingerprint density at radius 3 is 2.90 bits per heavy atom. The number of anilines is 1. The average molecular weight is 287 g/mol. The van der Waals surface area contributed by atoms with Crippen LogP contribution < -0.4 is 10.6 Å². The number of halogens is 1. The molecule has 0 spiro atoms. The van der Waals surface area contributed by atoms with Gasteiger partial charge in [0.1, 0.15) is 6.04 Å². The molecule has 0 saturated heterocycles. The van der Waals surface area contributed by atoms with Crippen LogP contribution in [0.5, 0.6) is 0 Å². The van der Waals surface area contributed by atoms with Gasteiger partial charge in [0.15, 0.2) is 0 Å². The molecular weight excluding hydrogens is 272 g/mol. The quantitative estimate of drug-likeness (QED) is 0.911. The fourth-order valence-electron chi connectivity index (χ4n) is 2.42. The van der Waals surface area contributed by atoms with Gasteiger partial charge in [0.25, 0.3) is 0 Å². The van der Waals surface area contributed by atoms with E-state index in [1.165, 1.54) is 5.56 Å². The predicted molar refractivity (Wildman–Crippen MR) is 80.9 cm³/mol. The lowest BCUT2D eigenvalue weighted by Gasteiger charge is -2.12. The van der Waals surface area contributed by atoms with Crippen LogP contribution in [-0.4, -0.2) is 11.9 Å². The molecule has 0 aliphatic carbocycles. The summed E-state index contributed by atoms with van der Waals surface area (Å²) in [5.74, 6) is 0.0150. The van der Waals surface area contributed by atoms with Gasteiger partial charge in [-0.15, -0.1) is 0 Å². The van der Waals surface area contributed by atoms with Gasteiger partial charge in [-0.05, 0) is 29.3 Å². The van der Waals surface area contributed by atoms with E-state index in [-0.39, 0.29) is 11.9 Å². The largest absolute Gasteiger partial charge is 0.373 e. The van der Waals surface area contributed by atoms with Gasteiger partial charge in [-0.1, -0.05) is 41.9 Å². The molecule has 0 fully saturated rings. The standard InChI is InChI=1S/C16H15ClN2O/c17-13-6-3-4-11(8-13)10-18-16(20)15-9-12-5-1-2-7-14(12)19-15/h1-8,15,19H,9-10H2,(H,18,20)/t15-/m0/s1. The van der Waals surface area contributed by atoms with E-state index < -0.39 is 0 Å². The number of fused-ring (bicyclic) bond motifs is 1. The minimum Gasteiger partial charge on any atom is -0.373 e. The highest BCUT2D eigenvalue weighted by Crippen LogP contribution is 2.25. The Bertz CT molecular complexity index is 617. The van der Waals surface area contributed by atoms with Crippen LogP contribution in [0.3, 0.4) is 0 Å². The number of carbonyl (C=O) groups excluding carboxylic acids is 1. The first-order chi connectivity index (χ1) is 9.72. The maximum absolute atomic E-state index is 12.2. The van der Waals surface area contributed by atoms with Gasteiger partial charge in [-0.3, -0.25) is 4.79 Å². The van der Waals surface area contributed by atoms with E-state index in [1.54, 1.807) is 0 Å². The number of carbonyl (C=O) groups is 1. The molecule has 0 radical (unpaired) electrons. The number of nitrogens with one attached hydrogen (secondary N) is 2. The summed E-state index contributed by atoms with van der Waals surface area (Å²) in [7, 11) is 0. The van der Waals surface area contributed by atoms with E-state index in [0.29, 0.717) is 11.6 Å². The molecule has 1 amide bonds. The Balaban J connectivity index is 1.59. The molecule has 2 aromatic carbocycles. The molecule has 0 bridgehead atoms. The zero-order valence-corrected chi connectivity index (χ0v) is 11.7. The lowest BCUT2D eigenvalue weighted by Crippen LogP contribution is -2.38. The Labute approximate surface area is 123 Å². The van der Waals surface area contributed by atoms with Crippen molar-refractivity contribution < 1.29 is 4.79 Å². The minimum absolute atomic E-state index is 0.0150. The van der Waals surface area contributed by atoms with Crippen LogP contribution in [-0.2, 0) is 17.8 Å². The van der Waals surface area contributed by atoms with E-state index >= 15 is 0 Å². The monoisotopic (exact) mass is 286 g/mol. The number of rotatable bonds is 3. The summed E-state index contributed by atoms with van der Waals surface area (Å²) in [5, 5.41) is 6.87. The van der Waals surface area contributed by atoms with Gasteiger partial charge in [0.05, 0.1) is 0 Å². The molecule has 2 N–H and O–H groups in total. The van der Waals surface area contributed by atoms with Crippen molar-refractivity contribution >= 4 is 23.2 Å². The average Bonchev–Trinajstić information content (AvgIpc) is 2.89. The first kappa shape index (κ1) is 13.0. The number of hydrogen-bond donors (Lipinski definition) is 2. The highest BCUT2D eigenvalue weighted by Gasteiger charge is 2.25. The lowest BCUT2D eigenvalue weighted by atomic mass is 10.1. The number of amides is 1. The molecular formula is C16H15ClN2O. The zero-order chi connectivity index (χ0) is 13.9. The van der Waals surface area contributed by atoms with Crippen LogP contribution in [0.15, 0.2) is 48.5 Å². The topological polar surface area (TPSA) is 41.1 Å². The molecule has 0 unspecified atom stereocenters. The van der Waals surface area contributed by atoms with E-state index in [1.807, 2.05) is 48.5 Å². The van der Waals surface area contributed by atoms with Gasteiger partial charge in [0.2, 0.25) is 5.91 Å². The van der Waals surface area contributed by atoms with Gasteiger partial charge >= 0.3 is 0 Å². The van der Waals surface area contributed by atoms with Crippen molar-refractivity contribution in [2.45, 2.75) is 19.0 Å². The van der Waals surface area contributed by atoms with E-state index in [0.717, 1.165) is 17.7 Å². The zero-order valence-electron chi connectivity index (χ0n) is 10.9. The Morgan fingerprint density at radius 1 is 1.25 bits per heavy atom. The molecule has 4 heteroatoms. The third kappa shape index (κ3) is 2.78. The number of hydrogen-bond acceptors (Lipinski definition) is 2. The summed E-state index contributed by atoms with van der Waals surface area (Å²) in [4.78, 5) is 12.2. The normalized spacial score (nSPS) is 16.4. The maximum atomic E-state index is 12.2. The fourth-order valence-corrected chi connectivity index (χ4v) is 2.63. The first-order valence-electron chi connectivity index (χ1n) is 6.59. The second-order valence-electron chi connectivity index (χ2n) is 4.91. The highest BCUT2D eigenvalue weighted by atomic mass is 35.5. The SMILES string of the molecule is O=C(NCc1cccc(Cl)c1)[C@@H]1Cc2ccccc2N1. The molecule has 3 nitrogen and oxygen atoms in total. The van der Waals surface area contributed by atoms with Crippen LogP contribution in [0.1, 0.15) is 11.1 Å². The number of benzene rings is 2. The summed E-state index contributed by atoms with van der Waals surface area (Å²) >= 11 is 5.92. The number of para-hydroxylation sites is 1. The van der Waals surface area contributed by atoms with Crippen LogP contribution in [0.2, 0.25) is 5.02 Å². The van der Waals surface area contributed by atoms with Gasteiger partial charge in [-0.25, -0.2) is 0 Å². The smallest absolute Gasteiger partial charge is 0.243 e. The molecule has 2 aromatic rings. The third-order valence-electron chi connectivity index (χ3n) is 3.44. The molecule has 0 saturated carbocycles. The van der Waals surface area contributed by atoms with Crippen LogP contribution >= 0.6 is 11.6 Å². The van der Waals surface area contributed by atoms with E-state index in [4.69, 9.17) is 11.6 Å². The Morgan fingerprint density at radius 2 is 2.10 bits per heavy atom. The minimum atomic E-state index is -0.188. The fraction of sp³-hybridized carbons (Fsp3) is 0.188. The van der Waals surface area contributed by atoms with Crippen LogP contribution in [0, 0.1) is 0 Å². The second kappa shape index (κ2) is 5.55. The predicted octanol–water partition coefficient (Wildman–Crippen LogP) is 2.99. The van der Waals surface area contributed by atoms with Crippen molar-refractivity contribution in [3.05, 3.63) is 64.7 Å². The second-order valence-corrected chi connectivity index (χ2v) is 5.34. The van der Waals surface area contributed by atoms with Crippen molar-refractivity contribution in [3.63, 3.8) is 0 Å². The summed E-state index contributed by atoms with van der Waals surface area (Å²) in [6, 6.07) is 15.3. The van der Waals surface area contributed by atoms with Crippen molar-refractivity contribution in [2.75, 3.05) is 5.32 Å². The van der Waals surface area contributed by atoms with Gasteiger partial charge in [0, 0.05) is 23.7 Å².